The molecule has 0 heterocycles. The van der Waals surface area contributed by atoms with Crippen molar-refractivity contribution >= 4 is 50.7 Å². The molecule has 0 aromatic heterocycles. The molecule has 11 heteroatoms. The molecular weight excluding hydrogens is 600 g/mol. The summed E-state index contributed by atoms with van der Waals surface area (Å²) in [6, 6.07) is 18.8. The Morgan fingerprint density at radius 1 is 0.929 bits per heavy atom. The Bertz CT molecular complexity index is 1440. The van der Waals surface area contributed by atoms with Crippen molar-refractivity contribution < 1.29 is 22.4 Å². The first-order chi connectivity index (χ1) is 20.0. The number of unbranched alkanes of at least 4 members (excludes halogenated alkanes) is 1. The lowest BCUT2D eigenvalue weighted by atomic mass is 10.0. The van der Waals surface area contributed by atoms with Gasteiger partial charge in [0, 0.05) is 32.5 Å². The van der Waals surface area contributed by atoms with Crippen LogP contribution in [0.2, 0.25) is 10.0 Å². The Morgan fingerprint density at radius 3 is 2.24 bits per heavy atom. The fourth-order valence-electron chi connectivity index (χ4n) is 4.51. The van der Waals surface area contributed by atoms with Crippen molar-refractivity contribution in [3.63, 3.8) is 0 Å². The van der Waals surface area contributed by atoms with Gasteiger partial charge in [-0.25, -0.2) is 12.8 Å². The van der Waals surface area contributed by atoms with Crippen LogP contribution < -0.4 is 9.62 Å². The average Bonchev–Trinajstić information content (AvgIpc) is 2.95. The standard InChI is InChI=1S/C31H36Cl2FN3O4S/c1-3-4-18-35-31(39)29(21-23-9-6-5-7-10-23)36(22-24-12-17-27(32)28(33)20-24)30(38)11-8-19-37(42(2,40)41)26-15-13-25(34)14-16-26/h5-7,9-10,12-17,20,29H,3-4,8,11,18-19,21-22H2,1-2H3,(H,35,39)/t29-/m0/s1. The van der Waals surface area contributed by atoms with E-state index in [4.69, 9.17) is 23.2 Å². The van der Waals surface area contributed by atoms with E-state index in [9.17, 15) is 22.4 Å². The maximum Gasteiger partial charge on any atom is 0.243 e. The number of carbonyl (C=O) groups is 2. The summed E-state index contributed by atoms with van der Waals surface area (Å²) < 4.78 is 39.6. The number of nitrogens with zero attached hydrogens (tertiary/aromatic N) is 2. The minimum atomic E-state index is -3.70. The fraction of sp³-hybridized carbons (Fsp3) is 0.355. The van der Waals surface area contributed by atoms with E-state index in [1.54, 1.807) is 18.2 Å². The first-order valence-electron chi connectivity index (χ1n) is 13.8. The molecule has 3 rings (SSSR count). The smallest absolute Gasteiger partial charge is 0.243 e. The van der Waals surface area contributed by atoms with Gasteiger partial charge in [-0.2, -0.15) is 0 Å². The number of hydrogen-bond donors (Lipinski definition) is 1. The molecule has 226 valence electrons. The van der Waals surface area contributed by atoms with Crippen LogP contribution in [0.4, 0.5) is 10.1 Å². The maximum atomic E-state index is 13.8. The lowest BCUT2D eigenvalue weighted by Crippen LogP contribution is -2.50. The largest absolute Gasteiger partial charge is 0.354 e. The zero-order valence-corrected chi connectivity index (χ0v) is 26.1. The highest BCUT2D eigenvalue weighted by Gasteiger charge is 2.30. The molecule has 0 unspecified atom stereocenters. The van der Waals surface area contributed by atoms with E-state index in [2.05, 4.69) is 5.32 Å². The minimum absolute atomic E-state index is 0.00284. The molecule has 3 aromatic carbocycles. The topological polar surface area (TPSA) is 86.8 Å². The summed E-state index contributed by atoms with van der Waals surface area (Å²) in [5.74, 6) is -1.08. The van der Waals surface area contributed by atoms with Crippen molar-refractivity contribution in [3.05, 3.63) is 99.8 Å². The van der Waals surface area contributed by atoms with Crippen LogP contribution in [0, 0.1) is 5.82 Å². The van der Waals surface area contributed by atoms with Crippen molar-refractivity contribution in [2.45, 2.75) is 51.6 Å². The Morgan fingerprint density at radius 2 is 1.62 bits per heavy atom. The van der Waals surface area contributed by atoms with Crippen LogP contribution in [0.15, 0.2) is 72.8 Å². The third kappa shape index (κ3) is 10.00. The maximum absolute atomic E-state index is 13.8. The molecule has 42 heavy (non-hydrogen) atoms. The Hall–Kier alpha value is -3.14. The number of rotatable bonds is 15. The normalized spacial score (nSPS) is 12.0. The molecule has 1 atom stereocenters. The van der Waals surface area contributed by atoms with Gasteiger partial charge < -0.3 is 10.2 Å². The molecule has 0 aliphatic heterocycles. The van der Waals surface area contributed by atoms with Crippen molar-refractivity contribution in [2.24, 2.45) is 0 Å². The SMILES string of the molecule is CCCCNC(=O)[C@H](Cc1ccccc1)N(Cc1ccc(Cl)c(Cl)c1)C(=O)CCCN(c1ccc(F)cc1)S(C)(=O)=O. The van der Waals surface area contributed by atoms with Gasteiger partial charge in [-0.15, -0.1) is 0 Å². The van der Waals surface area contributed by atoms with E-state index in [0.717, 1.165) is 29.0 Å². The molecule has 3 aromatic rings. The zero-order valence-electron chi connectivity index (χ0n) is 23.7. The van der Waals surface area contributed by atoms with Crippen LogP contribution >= 0.6 is 23.2 Å². The van der Waals surface area contributed by atoms with Gasteiger partial charge >= 0.3 is 0 Å². The molecule has 0 radical (unpaired) electrons. The van der Waals surface area contributed by atoms with Gasteiger partial charge in [0.2, 0.25) is 21.8 Å². The van der Waals surface area contributed by atoms with E-state index in [0.29, 0.717) is 27.8 Å². The van der Waals surface area contributed by atoms with E-state index in [-0.39, 0.29) is 44.2 Å². The highest BCUT2D eigenvalue weighted by Crippen LogP contribution is 2.25. The second-order valence-corrected chi connectivity index (χ2v) is 12.8. The lowest BCUT2D eigenvalue weighted by molar-refractivity contribution is -0.141. The van der Waals surface area contributed by atoms with Gasteiger partial charge in [0.25, 0.3) is 0 Å². The number of anilines is 1. The molecule has 0 aliphatic rings. The van der Waals surface area contributed by atoms with Crippen molar-refractivity contribution in [1.82, 2.24) is 10.2 Å². The molecule has 1 N–H and O–H groups in total. The summed E-state index contributed by atoms with van der Waals surface area (Å²) >= 11 is 12.4. The van der Waals surface area contributed by atoms with E-state index >= 15 is 0 Å². The number of sulfonamides is 1. The first kappa shape index (κ1) is 33.4. The van der Waals surface area contributed by atoms with Gasteiger partial charge in [0.15, 0.2) is 0 Å². The second kappa shape index (κ2) is 15.9. The molecule has 0 saturated carbocycles. The molecule has 0 saturated heterocycles. The first-order valence-corrected chi connectivity index (χ1v) is 16.4. The molecule has 0 spiro atoms. The van der Waals surface area contributed by atoms with Gasteiger partial charge in [-0.1, -0.05) is 72.9 Å². The summed E-state index contributed by atoms with van der Waals surface area (Å²) in [5.41, 5.74) is 1.89. The Balaban J connectivity index is 1.88. The number of amides is 2. The van der Waals surface area contributed by atoms with Crippen LogP contribution in [0.1, 0.15) is 43.7 Å². The molecule has 0 bridgehead atoms. The van der Waals surface area contributed by atoms with Crippen LogP contribution in [0.25, 0.3) is 0 Å². The van der Waals surface area contributed by atoms with Gasteiger partial charge in [0.05, 0.1) is 22.0 Å². The van der Waals surface area contributed by atoms with Gasteiger partial charge in [-0.3, -0.25) is 13.9 Å². The average molecular weight is 637 g/mol. The van der Waals surface area contributed by atoms with Crippen molar-refractivity contribution in [3.8, 4) is 0 Å². The lowest BCUT2D eigenvalue weighted by Gasteiger charge is -2.32. The molecule has 0 aliphatic carbocycles. The third-order valence-corrected chi connectivity index (χ3v) is 8.64. The molecule has 7 nitrogen and oxygen atoms in total. The van der Waals surface area contributed by atoms with Crippen LogP contribution in [-0.4, -0.2) is 50.5 Å². The highest BCUT2D eigenvalue weighted by atomic mass is 35.5. The highest BCUT2D eigenvalue weighted by molar-refractivity contribution is 7.92. The number of nitrogens with one attached hydrogen (secondary N) is 1. The monoisotopic (exact) mass is 635 g/mol. The Kier molecular flexibility index (Phi) is 12.6. The second-order valence-electron chi connectivity index (χ2n) is 10.0. The summed E-state index contributed by atoms with van der Waals surface area (Å²) in [5, 5.41) is 3.67. The van der Waals surface area contributed by atoms with Crippen LogP contribution in [-0.2, 0) is 32.6 Å². The van der Waals surface area contributed by atoms with Crippen LogP contribution in [0.3, 0.4) is 0 Å². The van der Waals surface area contributed by atoms with E-state index in [1.807, 2.05) is 37.3 Å². The summed E-state index contributed by atoms with van der Waals surface area (Å²) in [4.78, 5) is 28.9. The zero-order chi connectivity index (χ0) is 30.7. The number of carbonyl (C=O) groups excluding carboxylic acids is 2. The number of hydrogen-bond acceptors (Lipinski definition) is 4. The van der Waals surface area contributed by atoms with Gasteiger partial charge in [0.1, 0.15) is 11.9 Å². The molecule has 0 fully saturated rings. The summed E-state index contributed by atoms with van der Waals surface area (Å²) in [7, 11) is -3.70. The van der Waals surface area contributed by atoms with Crippen LogP contribution in [0.5, 0.6) is 0 Å². The summed E-state index contributed by atoms with van der Waals surface area (Å²) in [6.45, 7) is 2.61. The van der Waals surface area contributed by atoms with Crippen molar-refractivity contribution in [2.75, 3.05) is 23.7 Å². The van der Waals surface area contributed by atoms with Gasteiger partial charge in [-0.05, 0) is 60.4 Å². The van der Waals surface area contributed by atoms with E-state index in [1.165, 1.54) is 29.2 Å². The van der Waals surface area contributed by atoms with Crippen molar-refractivity contribution in [1.29, 1.82) is 0 Å². The molecule has 2 amide bonds. The molecular formula is C31H36Cl2FN3O4S. The predicted octanol–water partition coefficient (Wildman–Crippen LogP) is 6.24. The fourth-order valence-corrected chi connectivity index (χ4v) is 5.79. The third-order valence-electron chi connectivity index (χ3n) is 6.70. The quantitative estimate of drug-likeness (QED) is 0.200. The predicted molar refractivity (Wildman–Crippen MR) is 167 cm³/mol. The minimum Gasteiger partial charge on any atom is -0.354 e. The number of halogens is 3. The summed E-state index contributed by atoms with van der Waals surface area (Å²) in [6.07, 6.45) is 3.20. The number of benzene rings is 3. The Labute approximate surface area is 257 Å². The van der Waals surface area contributed by atoms with E-state index < -0.39 is 21.9 Å².